The Hall–Kier alpha value is -4.18. The molecular formula is C30H31N5O4S. The maximum atomic E-state index is 13.3. The minimum Gasteiger partial charge on any atom is -0.457 e. The number of likely N-dealkylation sites (tertiary alicyclic amines) is 1. The molecule has 0 bridgehead atoms. The van der Waals surface area contributed by atoms with Crippen LogP contribution in [0.25, 0.3) is 0 Å². The van der Waals surface area contributed by atoms with Gasteiger partial charge < -0.3 is 26.0 Å². The average Bonchev–Trinajstić information content (AvgIpc) is 3.28. The zero-order chi connectivity index (χ0) is 27.9. The van der Waals surface area contributed by atoms with Gasteiger partial charge in [-0.15, -0.1) is 11.3 Å². The van der Waals surface area contributed by atoms with Crippen LogP contribution >= 0.6 is 11.3 Å². The van der Waals surface area contributed by atoms with E-state index in [0.717, 1.165) is 22.6 Å². The average molecular weight is 558 g/mol. The second-order valence-corrected chi connectivity index (χ2v) is 12.0. The highest BCUT2D eigenvalue weighted by Crippen LogP contribution is 2.59. The van der Waals surface area contributed by atoms with Crippen molar-refractivity contribution in [3.05, 3.63) is 81.5 Å². The number of thiophene rings is 1. The van der Waals surface area contributed by atoms with Crippen molar-refractivity contribution in [3.63, 3.8) is 0 Å². The number of amides is 3. The molecule has 3 atom stereocenters. The predicted octanol–water partition coefficient (Wildman–Crippen LogP) is 3.23. The molecule has 2 aromatic carbocycles. The number of carbonyl (C=O) groups is 3. The normalized spacial score (nSPS) is 22.5. The number of hydrogen-bond acceptors (Lipinski definition) is 7. The fraction of sp³-hybridized carbons (Fsp3) is 0.333. The number of carbonyl (C=O) groups excluding carboxylic acids is 3. The summed E-state index contributed by atoms with van der Waals surface area (Å²) in [5.74, 6) is 1.09. The monoisotopic (exact) mass is 557 g/mol. The van der Waals surface area contributed by atoms with Crippen LogP contribution in [0.3, 0.4) is 0 Å². The van der Waals surface area contributed by atoms with Crippen LogP contribution in [0.5, 0.6) is 11.5 Å². The summed E-state index contributed by atoms with van der Waals surface area (Å²) >= 11 is 1.55. The summed E-state index contributed by atoms with van der Waals surface area (Å²) in [5, 5.41) is 5.74. The maximum absolute atomic E-state index is 13.3. The van der Waals surface area contributed by atoms with E-state index in [0.29, 0.717) is 42.4 Å². The van der Waals surface area contributed by atoms with Gasteiger partial charge in [-0.05, 0) is 72.7 Å². The number of fused-ring (bicyclic) bond motifs is 2. The van der Waals surface area contributed by atoms with Crippen molar-refractivity contribution >= 4 is 34.9 Å². The number of para-hydroxylation sites is 1. The number of hydrogen-bond donors (Lipinski definition) is 3. The molecule has 40 heavy (non-hydrogen) atoms. The number of nitrogens with one attached hydrogen (secondary N) is 2. The van der Waals surface area contributed by atoms with E-state index < -0.39 is 6.04 Å². The topological polar surface area (TPSA) is 126 Å². The van der Waals surface area contributed by atoms with E-state index in [9.17, 15) is 14.4 Å². The summed E-state index contributed by atoms with van der Waals surface area (Å²) in [5.41, 5.74) is 7.55. The van der Waals surface area contributed by atoms with Crippen molar-refractivity contribution < 1.29 is 19.1 Å². The van der Waals surface area contributed by atoms with Crippen LogP contribution in [-0.2, 0) is 22.6 Å². The first kappa shape index (κ1) is 26.1. The molecule has 0 unspecified atom stereocenters. The molecule has 206 valence electrons. The van der Waals surface area contributed by atoms with Gasteiger partial charge in [0.15, 0.2) is 0 Å². The van der Waals surface area contributed by atoms with E-state index in [2.05, 4.69) is 28.6 Å². The van der Waals surface area contributed by atoms with E-state index in [1.807, 2.05) is 30.3 Å². The largest absolute Gasteiger partial charge is 0.457 e. The Morgan fingerprint density at radius 3 is 2.58 bits per heavy atom. The molecule has 3 amide bonds. The van der Waals surface area contributed by atoms with Gasteiger partial charge in [-0.3, -0.25) is 19.4 Å². The molecule has 1 saturated carbocycles. The number of ether oxygens (including phenoxy) is 1. The van der Waals surface area contributed by atoms with E-state index >= 15 is 0 Å². The molecule has 3 aliphatic rings. The standard InChI is InChI=1S/C30H31N5O4S/c1-30-14-23(29(38)33-16-22-13-19-11-12-32-27(31)26(19)40-22)35(24(30)15-30)25(36)17-34-28(37)18-7-9-21(10-8-18)39-20-5-3-2-4-6-20/h2-10,13,23-24H,11-12,14-17H2,1H3,(H2,31,32)(H,33,38)(H,34,37)/t23-,24-,30+/m0/s1. The second kappa shape index (κ2) is 10.4. The predicted molar refractivity (Wildman–Crippen MR) is 153 cm³/mol. The Balaban J connectivity index is 1.04. The second-order valence-electron chi connectivity index (χ2n) is 10.8. The van der Waals surface area contributed by atoms with Crippen molar-refractivity contribution in [3.8, 4) is 11.5 Å². The summed E-state index contributed by atoms with van der Waals surface area (Å²) in [6.45, 7) is 3.00. The SMILES string of the molecule is C[C@@]12C[C@@H]1N(C(=O)CNC(=O)c1ccc(Oc3ccccc3)cc1)[C@H](C(=O)NCc1cc3c(s1)C(N)=NCC3)C2. The van der Waals surface area contributed by atoms with Crippen molar-refractivity contribution in [2.45, 2.75) is 44.8 Å². The van der Waals surface area contributed by atoms with Crippen LogP contribution in [0.4, 0.5) is 0 Å². The lowest BCUT2D eigenvalue weighted by Gasteiger charge is -2.27. The molecule has 4 N–H and O–H groups in total. The molecule has 6 rings (SSSR count). The Labute approximate surface area is 236 Å². The minimum atomic E-state index is -0.552. The molecule has 2 aliphatic heterocycles. The molecule has 1 aliphatic carbocycles. The lowest BCUT2D eigenvalue weighted by molar-refractivity contribution is -0.139. The van der Waals surface area contributed by atoms with Crippen LogP contribution in [0.2, 0.25) is 0 Å². The number of benzene rings is 2. The van der Waals surface area contributed by atoms with Gasteiger partial charge in [-0.1, -0.05) is 25.1 Å². The number of amidine groups is 1. The minimum absolute atomic E-state index is 0.0205. The molecule has 9 nitrogen and oxygen atoms in total. The molecule has 10 heteroatoms. The fourth-order valence-electron chi connectivity index (χ4n) is 5.64. The highest BCUT2D eigenvalue weighted by Gasteiger charge is 2.64. The number of nitrogens with two attached hydrogens (primary N) is 1. The Morgan fingerprint density at radius 1 is 1.07 bits per heavy atom. The summed E-state index contributed by atoms with van der Waals surface area (Å²) in [4.78, 5) is 47.2. The molecular weight excluding hydrogens is 526 g/mol. The zero-order valence-corrected chi connectivity index (χ0v) is 23.0. The first-order valence-corrected chi connectivity index (χ1v) is 14.2. The van der Waals surface area contributed by atoms with Crippen LogP contribution in [0.15, 0.2) is 65.7 Å². The molecule has 0 spiro atoms. The zero-order valence-electron chi connectivity index (χ0n) is 22.2. The number of aliphatic imine (C=N–C) groups is 1. The Bertz CT molecular complexity index is 1490. The third-order valence-electron chi connectivity index (χ3n) is 7.91. The van der Waals surface area contributed by atoms with E-state index in [1.54, 1.807) is 40.5 Å². The van der Waals surface area contributed by atoms with Crippen molar-refractivity contribution in [2.75, 3.05) is 13.1 Å². The number of rotatable bonds is 8. The third kappa shape index (κ3) is 5.19. The highest BCUT2D eigenvalue weighted by atomic mass is 32.1. The van der Waals surface area contributed by atoms with Crippen LogP contribution in [-0.4, -0.2) is 53.6 Å². The third-order valence-corrected chi connectivity index (χ3v) is 9.11. The van der Waals surface area contributed by atoms with Crippen LogP contribution in [0, 0.1) is 5.41 Å². The summed E-state index contributed by atoms with van der Waals surface area (Å²) in [7, 11) is 0. The molecule has 0 radical (unpaired) electrons. The van der Waals surface area contributed by atoms with Crippen LogP contribution in [0.1, 0.15) is 45.4 Å². The van der Waals surface area contributed by atoms with Gasteiger partial charge in [-0.2, -0.15) is 0 Å². The van der Waals surface area contributed by atoms with Gasteiger partial charge in [-0.25, -0.2) is 0 Å². The highest BCUT2D eigenvalue weighted by molar-refractivity contribution is 7.14. The quantitative estimate of drug-likeness (QED) is 0.392. The van der Waals surface area contributed by atoms with Gasteiger partial charge in [0, 0.05) is 23.0 Å². The van der Waals surface area contributed by atoms with E-state index in [1.165, 1.54) is 5.56 Å². The fourth-order valence-corrected chi connectivity index (χ4v) is 6.71. The summed E-state index contributed by atoms with van der Waals surface area (Å²) in [6.07, 6.45) is 2.34. The maximum Gasteiger partial charge on any atom is 0.251 e. The Kier molecular flexibility index (Phi) is 6.79. The van der Waals surface area contributed by atoms with Crippen molar-refractivity contribution in [2.24, 2.45) is 16.1 Å². The van der Waals surface area contributed by atoms with Gasteiger partial charge in [0.25, 0.3) is 5.91 Å². The van der Waals surface area contributed by atoms with Crippen molar-refractivity contribution in [1.82, 2.24) is 15.5 Å². The first-order valence-electron chi connectivity index (χ1n) is 13.4. The number of piperidine rings is 1. The number of nitrogens with zero attached hydrogens (tertiary/aromatic N) is 2. The first-order chi connectivity index (χ1) is 19.3. The van der Waals surface area contributed by atoms with E-state index in [-0.39, 0.29) is 35.7 Å². The van der Waals surface area contributed by atoms with Crippen LogP contribution < -0.4 is 21.1 Å². The molecule has 1 aromatic heterocycles. The lowest BCUT2D eigenvalue weighted by atomic mass is 10.0. The van der Waals surface area contributed by atoms with Gasteiger partial charge in [0.05, 0.1) is 18.0 Å². The van der Waals surface area contributed by atoms with Gasteiger partial charge in [0.1, 0.15) is 23.4 Å². The smallest absolute Gasteiger partial charge is 0.251 e. The lowest BCUT2D eigenvalue weighted by Crippen LogP contribution is -2.50. The summed E-state index contributed by atoms with van der Waals surface area (Å²) < 4.78 is 5.77. The van der Waals surface area contributed by atoms with E-state index in [4.69, 9.17) is 10.5 Å². The molecule has 1 saturated heterocycles. The van der Waals surface area contributed by atoms with Gasteiger partial charge in [0.2, 0.25) is 11.8 Å². The molecule has 3 heterocycles. The molecule has 2 fully saturated rings. The Morgan fingerprint density at radius 2 is 1.82 bits per heavy atom. The van der Waals surface area contributed by atoms with Gasteiger partial charge >= 0.3 is 0 Å². The van der Waals surface area contributed by atoms with Crippen molar-refractivity contribution in [1.29, 1.82) is 0 Å². The molecule has 3 aromatic rings. The summed E-state index contributed by atoms with van der Waals surface area (Å²) in [6, 6.07) is 17.7.